The van der Waals surface area contributed by atoms with Crippen molar-refractivity contribution in [2.45, 2.75) is 18.4 Å². The number of halogens is 1. The summed E-state index contributed by atoms with van der Waals surface area (Å²) < 4.78 is 23.0. The monoisotopic (exact) mass is 535 g/mol. The van der Waals surface area contributed by atoms with E-state index in [9.17, 15) is 14.5 Å². The molecule has 0 bridgehead atoms. The summed E-state index contributed by atoms with van der Waals surface area (Å²) in [6.07, 6.45) is 0.565. The fourth-order valence-electron chi connectivity index (χ4n) is 3.57. The highest BCUT2D eigenvalue weighted by atomic mass is 35.5. The van der Waals surface area contributed by atoms with Crippen LogP contribution < -0.4 is 15.9 Å². The summed E-state index contributed by atoms with van der Waals surface area (Å²) >= 11 is 7.50. The van der Waals surface area contributed by atoms with Crippen molar-refractivity contribution in [3.63, 3.8) is 0 Å². The average molecular weight is 536 g/mol. The van der Waals surface area contributed by atoms with E-state index in [0.717, 1.165) is 15.0 Å². The quantitative estimate of drug-likeness (QED) is 0.180. The minimum Gasteiger partial charge on any atom is -0.457 e. The molecule has 0 saturated heterocycles. The third kappa shape index (κ3) is 6.46. The smallest absolute Gasteiger partial charge is 0.457 e. The van der Waals surface area contributed by atoms with Gasteiger partial charge in [-0.05, 0) is 66.9 Å². The molecule has 0 spiro atoms. The van der Waals surface area contributed by atoms with Crippen LogP contribution >= 0.6 is 30.8 Å². The number of benzene rings is 3. The number of aryl methyl sites for hydroxylation is 1. The van der Waals surface area contributed by atoms with Crippen LogP contribution in [0.25, 0.3) is 20.2 Å². The molecule has 3 aromatic carbocycles. The highest BCUT2D eigenvalue weighted by molar-refractivity contribution is 7.46. The van der Waals surface area contributed by atoms with Gasteiger partial charge in [0.25, 0.3) is 0 Å². The molecule has 8 nitrogen and oxygen atoms in total. The van der Waals surface area contributed by atoms with Crippen LogP contribution in [0.1, 0.15) is 12.0 Å². The Balaban J connectivity index is 1.60. The van der Waals surface area contributed by atoms with E-state index >= 15 is 0 Å². The van der Waals surface area contributed by atoms with E-state index in [-0.39, 0.29) is 11.8 Å². The van der Waals surface area contributed by atoms with Crippen molar-refractivity contribution in [3.05, 3.63) is 81.5 Å². The zero-order valence-corrected chi connectivity index (χ0v) is 20.9. The average Bonchev–Trinajstić information content (AvgIpc) is 2.82. The zero-order chi connectivity index (χ0) is 25.2. The number of hydrogen-bond donors (Lipinski definition) is 4. The molecule has 35 heavy (non-hydrogen) atoms. The highest BCUT2D eigenvalue weighted by Crippen LogP contribution is 2.37. The van der Waals surface area contributed by atoms with E-state index in [0.29, 0.717) is 33.7 Å². The molecule has 0 radical (unpaired) electrons. The Labute approximate surface area is 209 Å². The molecule has 4 aromatic rings. The van der Waals surface area contributed by atoms with E-state index in [1.807, 2.05) is 18.2 Å². The fraction of sp³-hybridized carbons (Fsp3) is 0.208. The number of ether oxygens (including phenoxy) is 1. The van der Waals surface area contributed by atoms with E-state index in [2.05, 4.69) is 4.52 Å². The first-order chi connectivity index (χ1) is 16.5. The van der Waals surface area contributed by atoms with E-state index in [1.54, 1.807) is 42.5 Å². The van der Waals surface area contributed by atoms with Crippen LogP contribution in [0.4, 0.5) is 0 Å². The van der Waals surface area contributed by atoms with Crippen molar-refractivity contribution < 1.29 is 28.7 Å². The third-order valence-electron chi connectivity index (χ3n) is 5.48. The van der Waals surface area contributed by atoms with Gasteiger partial charge in [-0.25, -0.2) is 4.57 Å². The van der Waals surface area contributed by atoms with Gasteiger partial charge in [0.15, 0.2) is 5.43 Å². The molecule has 1 unspecified atom stereocenters. The normalized spacial score (nSPS) is 13.7. The Bertz CT molecular complexity index is 1490. The van der Waals surface area contributed by atoms with Crippen LogP contribution in [0.15, 0.2) is 65.5 Å². The number of rotatable bonds is 9. The van der Waals surface area contributed by atoms with Crippen molar-refractivity contribution in [1.82, 2.24) is 0 Å². The van der Waals surface area contributed by atoms with Gasteiger partial charge < -0.3 is 25.4 Å². The van der Waals surface area contributed by atoms with Gasteiger partial charge in [0, 0.05) is 25.2 Å². The van der Waals surface area contributed by atoms with Gasteiger partial charge in [-0.3, -0.25) is 9.32 Å². The topological polar surface area (TPSA) is 139 Å². The Hall–Kier alpha value is -2.33. The minimum absolute atomic E-state index is 0.141. The highest BCUT2D eigenvalue weighted by Gasteiger charge is 2.28. The van der Waals surface area contributed by atoms with Crippen molar-refractivity contribution in [3.8, 4) is 11.5 Å². The van der Waals surface area contributed by atoms with E-state index in [1.165, 1.54) is 11.3 Å². The molecule has 11 heteroatoms. The molecule has 0 saturated carbocycles. The van der Waals surface area contributed by atoms with Gasteiger partial charge >= 0.3 is 7.82 Å². The molecule has 184 valence electrons. The minimum atomic E-state index is -4.71. The second kappa shape index (κ2) is 10.3. The van der Waals surface area contributed by atoms with Gasteiger partial charge in [-0.2, -0.15) is 0 Å². The molecule has 0 aliphatic carbocycles. The molecule has 0 aliphatic rings. The molecule has 0 aliphatic heterocycles. The summed E-state index contributed by atoms with van der Waals surface area (Å²) in [5.74, 6) is 1.08. The molecule has 0 amide bonds. The molecular formula is C24H23ClNO7PS. The van der Waals surface area contributed by atoms with E-state index in [4.69, 9.17) is 31.9 Å². The SMILES string of the molecule is NC(CO)(CCc1ccc2sc3ccc(Oc4cccc(Cl)c4)cc3c(=O)c2c1)COP(=O)(O)O. The van der Waals surface area contributed by atoms with E-state index < -0.39 is 26.6 Å². The number of nitrogens with two attached hydrogens (primary N) is 1. The molecule has 1 atom stereocenters. The molecule has 1 heterocycles. The standard InChI is InChI=1S/C24H23ClNO7PS/c25-16-2-1-3-17(11-16)33-18-5-7-22-20(12-18)23(28)19-10-15(4-6-21(19)35-22)8-9-24(26,13-27)14-32-34(29,30)31/h1-7,10-12,27H,8-9,13-14,26H2,(H2,29,30,31). The number of aliphatic hydroxyl groups is 1. The number of phosphoric ester groups is 1. The predicted molar refractivity (Wildman–Crippen MR) is 137 cm³/mol. The summed E-state index contributed by atoms with van der Waals surface area (Å²) in [5, 5.41) is 11.2. The first-order valence-corrected chi connectivity index (χ1v) is 13.3. The molecule has 5 N–H and O–H groups in total. The van der Waals surface area contributed by atoms with Crippen LogP contribution in [0, 0.1) is 0 Å². The Morgan fingerprint density at radius 1 is 1.00 bits per heavy atom. The maximum atomic E-state index is 13.3. The summed E-state index contributed by atoms with van der Waals surface area (Å²) in [7, 11) is -4.71. The molecule has 1 aromatic heterocycles. The lowest BCUT2D eigenvalue weighted by Crippen LogP contribution is -2.48. The third-order valence-corrected chi connectivity index (χ3v) is 7.33. The Morgan fingerprint density at radius 2 is 1.69 bits per heavy atom. The predicted octanol–water partition coefficient (Wildman–Crippen LogP) is 4.59. The number of hydrogen-bond acceptors (Lipinski definition) is 7. The first kappa shape index (κ1) is 25.8. The maximum absolute atomic E-state index is 13.3. The van der Waals surface area contributed by atoms with Gasteiger partial charge in [-0.15, -0.1) is 11.3 Å². The first-order valence-electron chi connectivity index (χ1n) is 10.6. The maximum Gasteiger partial charge on any atom is 0.469 e. The van der Waals surface area contributed by atoms with Gasteiger partial charge in [0.1, 0.15) is 11.5 Å². The van der Waals surface area contributed by atoms with Crippen LogP contribution in [-0.2, 0) is 15.5 Å². The molecule has 4 rings (SSSR count). The molecule has 0 fully saturated rings. The lowest BCUT2D eigenvalue weighted by atomic mass is 9.93. The Morgan fingerprint density at radius 3 is 2.37 bits per heavy atom. The van der Waals surface area contributed by atoms with Crippen molar-refractivity contribution >= 4 is 50.9 Å². The molecular weight excluding hydrogens is 513 g/mol. The van der Waals surface area contributed by atoms with Crippen LogP contribution in [-0.4, -0.2) is 33.6 Å². The lowest BCUT2D eigenvalue weighted by molar-refractivity contribution is 0.102. The van der Waals surface area contributed by atoms with Crippen LogP contribution in [0.2, 0.25) is 5.02 Å². The number of aliphatic hydroxyl groups excluding tert-OH is 1. The van der Waals surface area contributed by atoms with Gasteiger partial charge in [0.2, 0.25) is 0 Å². The van der Waals surface area contributed by atoms with Crippen molar-refractivity contribution in [2.75, 3.05) is 13.2 Å². The van der Waals surface area contributed by atoms with Gasteiger partial charge in [-0.1, -0.05) is 23.7 Å². The van der Waals surface area contributed by atoms with Gasteiger partial charge in [0.05, 0.1) is 18.8 Å². The number of fused-ring (bicyclic) bond motifs is 2. The second-order valence-corrected chi connectivity index (χ2v) is 11.0. The summed E-state index contributed by atoms with van der Waals surface area (Å²) in [5.41, 5.74) is 5.38. The summed E-state index contributed by atoms with van der Waals surface area (Å²) in [6.45, 7) is -1.02. The van der Waals surface area contributed by atoms with Crippen LogP contribution in [0.3, 0.4) is 0 Å². The summed E-state index contributed by atoms with van der Waals surface area (Å²) in [6, 6.07) is 17.8. The Kier molecular flexibility index (Phi) is 7.61. The zero-order valence-electron chi connectivity index (χ0n) is 18.4. The largest absolute Gasteiger partial charge is 0.469 e. The second-order valence-electron chi connectivity index (χ2n) is 8.26. The number of phosphoric acid groups is 1. The van der Waals surface area contributed by atoms with Crippen LogP contribution in [0.5, 0.6) is 11.5 Å². The van der Waals surface area contributed by atoms with Crippen molar-refractivity contribution in [1.29, 1.82) is 0 Å². The fourth-order valence-corrected chi connectivity index (χ4v) is 5.21. The lowest BCUT2D eigenvalue weighted by Gasteiger charge is -2.27. The van der Waals surface area contributed by atoms with Crippen molar-refractivity contribution in [2.24, 2.45) is 5.73 Å². The summed E-state index contributed by atoms with van der Waals surface area (Å²) in [4.78, 5) is 31.2.